The third kappa shape index (κ3) is 36.8. The molecule has 0 rings (SSSR count). The molecule has 318 valence electrons. The predicted octanol–water partition coefficient (Wildman–Crippen LogP) is 17.0. The van der Waals surface area contributed by atoms with Crippen LogP contribution in [0.25, 0.3) is 0 Å². The van der Waals surface area contributed by atoms with E-state index in [-0.39, 0.29) is 12.1 Å². The SMILES string of the molecule is CCCCCCCCCCCCCCCCCCC(CCCCCCCCC(C)CCCCCCCCCC)OC(=O)CCC(CCC)C(CC)NC. The second kappa shape index (κ2) is 42.6. The van der Waals surface area contributed by atoms with Gasteiger partial charge in [-0.25, -0.2) is 0 Å². The number of ether oxygens (including phenoxy) is 1. The molecule has 0 bridgehead atoms. The lowest BCUT2D eigenvalue weighted by molar-refractivity contribution is -0.150. The molecule has 0 aromatic heterocycles. The molecule has 0 spiro atoms. The van der Waals surface area contributed by atoms with Crippen molar-refractivity contribution >= 4 is 5.97 Å². The van der Waals surface area contributed by atoms with Gasteiger partial charge in [-0.1, -0.05) is 234 Å². The summed E-state index contributed by atoms with van der Waals surface area (Å²) >= 11 is 0. The molecule has 4 atom stereocenters. The molecule has 0 radical (unpaired) electrons. The van der Waals surface area contributed by atoms with E-state index in [1.54, 1.807) is 0 Å². The Morgan fingerprint density at radius 3 is 1.09 bits per heavy atom. The van der Waals surface area contributed by atoms with Crippen molar-refractivity contribution in [3.05, 3.63) is 0 Å². The zero-order valence-corrected chi connectivity index (χ0v) is 37.7. The molecular formula is C50H101NO2. The van der Waals surface area contributed by atoms with Crippen LogP contribution >= 0.6 is 0 Å². The Kier molecular flexibility index (Phi) is 42.1. The Balaban J connectivity index is 4.28. The maximum absolute atomic E-state index is 13.1. The molecule has 3 nitrogen and oxygen atoms in total. The van der Waals surface area contributed by atoms with E-state index in [1.807, 2.05) is 0 Å². The van der Waals surface area contributed by atoms with Crippen LogP contribution < -0.4 is 5.32 Å². The molecule has 0 fully saturated rings. The van der Waals surface area contributed by atoms with Crippen molar-refractivity contribution in [1.29, 1.82) is 0 Å². The molecule has 0 aromatic carbocycles. The Bertz CT molecular complexity index is 706. The fourth-order valence-electron chi connectivity index (χ4n) is 8.76. The topological polar surface area (TPSA) is 38.3 Å². The fraction of sp³-hybridized carbons (Fsp3) is 0.980. The van der Waals surface area contributed by atoms with Gasteiger partial charge in [0.1, 0.15) is 6.10 Å². The minimum Gasteiger partial charge on any atom is -0.462 e. The van der Waals surface area contributed by atoms with E-state index in [0.29, 0.717) is 18.4 Å². The Morgan fingerprint density at radius 2 is 0.774 bits per heavy atom. The van der Waals surface area contributed by atoms with E-state index in [4.69, 9.17) is 4.74 Å². The first kappa shape index (κ1) is 52.4. The molecule has 0 aliphatic heterocycles. The van der Waals surface area contributed by atoms with Crippen molar-refractivity contribution in [3.8, 4) is 0 Å². The van der Waals surface area contributed by atoms with Gasteiger partial charge in [0.25, 0.3) is 0 Å². The van der Waals surface area contributed by atoms with Gasteiger partial charge in [-0.3, -0.25) is 4.79 Å². The lowest BCUT2D eigenvalue weighted by atomic mass is 9.89. The van der Waals surface area contributed by atoms with Gasteiger partial charge in [-0.2, -0.15) is 0 Å². The number of nitrogens with one attached hydrogen (secondary N) is 1. The molecular weight excluding hydrogens is 647 g/mol. The highest BCUT2D eigenvalue weighted by Crippen LogP contribution is 2.23. The first-order valence-corrected chi connectivity index (χ1v) is 24.9. The minimum absolute atomic E-state index is 0.0552. The van der Waals surface area contributed by atoms with Crippen LogP contribution in [0, 0.1) is 11.8 Å². The van der Waals surface area contributed by atoms with Crippen molar-refractivity contribution in [3.63, 3.8) is 0 Å². The summed E-state index contributed by atoms with van der Waals surface area (Å²) < 4.78 is 6.23. The normalized spacial score (nSPS) is 14.0. The fourth-order valence-corrected chi connectivity index (χ4v) is 8.76. The van der Waals surface area contributed by atoms with Crippen molar-refractivity contribution in [1.82, 2.24) is 5.32 Å². The summed E-state index contributed by atoms with van der Waals surface area (Å²) in [5.74, 6) is 1.52. The number of hydrogen-bond donors (Lipinski definition) is 1. The molecule has 0 aliphatic carbocycles. The molecule has 0 aliphatic rings. The van der Waals surface area contributed by atoms with E-state index >= 15 is 0 Å². The van der Waals surface area contributed by atoms with Crippen molar-refractivity contribution in [2.75, 3.05) is 7.05 Å². The molecule has 0 saturated heterocycles. The van der Waals surface area contributed by atoms with Crippen LogP contribution in [-0.2, 0) is 9.53 Å². The van der Waals surface area contributed by atoms with Gasteiger partial charge >= 0.3 is 5.97 Å². The summed E-state index contributed by atoms with van der Waals surface area (Å²) in [6.45, 7) is 11.6. The molecule has 53 heavy (non-hydrogen) atoms. The molecule has 1 N–H and O–H groups in total. The first-order valence-electron chi connectivity index (χ1n) is 24.9. The lowest BCUT2D eigenvalue weighted by Gasteiger charge is -2.26. The third-order valence-corrected chi connectivity index (χ3v) is 12.5. The van der Waals surface area contributed by atoms with E-state index in [1.165, 1.54) is 218 Å². The van der Waals surface area contributed by atoms with Gasteiger partial charge in [0.15, 0.2) is 0 Å². The summed E-state index contributed by atoms with van der Waals surface area (Å²) in [6.07, 6.45) is 52.0. The molecule has 3 heteroatoms. The molecule has 4 unspecified atom stereocenters. The lowest BCUT2D eigenvalue weighted by Crippen LogP contribution is -2.33. The number of hydrogen-bond acceptors (Lipinski definition) is 3. The number of carbonyl (C=O) groups is 1. The molecule has 0 amide bonds. The second-order valence-electron chi connectivity index (χ2n) is 17.7. The first-order chi connectivity index (χ1) is 26.0. The van der Waals surface area contributed by atoms with Gasteiger partial charge < -0.3 is 10.1 Å². The van der Waals surface area contributed by atoms with E-state index < -0.39 is 0 Å². The van der Waals surface area contributed by atoms with Gasteiger partial charge in [0.05, 0.1) is 0 Å². The van der Waals surface area contributed by atoms with Crippen molar-refractivity contribution < 1.29 is 9.53 Å². The molecule has 0 saturated carbocycles. The minimum atomic E-state index is 0.0552. The number of unbranched alkanes of at least 4 members (excludes halogenated alkanes) is 27. The number of rotatable bonds is 44. The van der Waals surface area contributed by atoms with Crippen LogP contribution in [0.1, 0.15) is 285 Å². The Labute approximate surface area is 335 Å². The van der Waals surface area contributed by atoms with Crippen LogP contribution in [0.4, 0.5) is 0 Å². The van der Waals surface area contributed by atoms with Crippen molar-refractivity contribution in [2.45, 2.75) is 297 Å². The van der Waals surface area contributed by atoms with Gasteiger partial charge in [0.2, 0.25) is 0 Å². The second-order valence-corrected chi connectivity index (χ2v) is 17.7. The molecule has 0 heterocycles. The average molecular weight is 748 g/mol. The van der Waals surface area contributed by atoms with Gasteiger partial charge in [0, 0.05) is 12.5 Å². The van der Waals surface area contributed by atoms with Gasteiger partial charge in [-0.05, 0) is 63.8 Å². The largest absolute Gasteiger partial charge is 0.462 e. The highest BCUT2D eigenvalue weighted by Gasteiger charge is 2.21. The number of carbonyl (C=O) groups excluding carboxylic acids is 1. The smallest absolute Gasteiger partial charge is 0.306 e. The van der Waals surface area contributed by atoms with Crippen molar-refractivity contribution in [2.24, 2.45) is 11.8 Å². The standard InChI is InChI=1S/C50H101NO2/c1-7-11-13-15-17-19-20-21-22-23-24-25-26-28-33-37-42-48(53-50(52)45-44-47(39-9-3)49(10-4)51-6)43-38-34-30-29-32-36-41-46(5)40-35-31-27-18-16-14-12-8-2/h46-49,51H,7-45H2,1-6H3. The Morgan fingerprint density at radius 1 is 0.434 bits per heavy atom. The summed E-state index contributed by atoms with van der Waals surface area (Å²) in [6, 6.07) is 0.502. The predicted molar refractivity (Wildman–Crippen MR) is 238 cm³/mol. The quantitative estimate of drug-likeness (QED) is 0.0498. The summed E-state index contributed by atoms with van der Waals surface area (Å²) in [5.41, 5.74) is 0. The zero-order chi connectivity index (χ0) is 38.9. The average Bonchev–Trinajstić information content (AvgIpc) is 3.16. The van der Waals surface area contributed by atoms with E-state index in [0.717, 1.165) is 31.6 Å². The summed E-state index contributed by atoms with van der Waals surface area (Å²) in [4.78, 5) is 13.1. The van der Waals surface area contributed by atoms with Crippen LogP contribution in [0.15, 0.2) is 0 Å². The van der Waals surface area contributed by atoms with Gasteiger partial charge in [-0.15, -0.1) is 0 Å². The zero-order valence-electron chi connectivity index (χ0n) is 37.7. The maximum Gasteiger partial charge on any atom is 0.306 e. The molecule has 0 aromatic rings. The highest BCUT2D eigenvalue weighted by atomic mass is 16.5. The van der Waals surface area contributed by atoms with Crippen LogP contribution in [0.2, 0.25) is 0 Å². The van der Waals surface area contributed by atoms with E-state index in [9.17, 15) is 4.79 Å². The number of esters is 1. The van der Waals surface area contributed by atoms with Crippen LogP contribution in [-0.4, -0.2) is 25.2 Å². The van der Waals surface area contributed by atoms with Crippen LogP contribution in [0.3, 0.4) is 0 Å². The van der Waals surface area contributed by atoms with E-state index in [2.05, 4.69) is 47.0 Å². The monoisotopic (exact) mass is 748 g/mol. The summed E-state index contributed by atoms with van der Waals surface area (Å²) in [7, 11) is 2.07. The highest BCUT2D eigenvalue weighted by molar-refractivity contribution is 5.69. The van der Waals surface area contributed by atoms with Crippen LogP contribution in [0.5, 0.6) is 0 Å². The third-order valence-electron chi connectivity index (χ3n) is 12.5. The Hall–Kier alpha value is -0.570. The maximum atomic E-state index is 13.1. The summed E-state index contributed by atoms with van der Waals surface area (Å²) in [5, 5.41) is 3.50.